The van der Waals surface area contributed by atoms with E-state index in [-0.39, 0.29) is 61.1 Å². The zero-order valence-electron chi connectivity index (χ0n) is 38.5. The maximum atomic E-state index is 13.0. The zero-order chi connectivity index (χ0) is 47.1. The number of para-hydroxylation sites is 1. The number of fused-ring (bicyclic) bond motifs is 1. The molecule has 5 N–H and O–H groups in total. The molecule has 0 unspecified atom stereocenters. The van der Waals surface area contributed by atoms with Crippen LogP contribution < -0.4 is 21.5 Å². The molecule has 6 rings (SSSR count). The molecule has 0 bridgehead atoms. The summed E-state index contributed by atoms with van der Waals surface area (Å²) in [5, 5.41) is 20.9. The van der Waals surface area contributed by atoms with E-state index in [9.17, 15) is 24.3 Å². The Bertz CT molecular complexity index is 2420. The summed E-state index contributed by atoms with van der Waals surface area (Å²) >= 11 is 0. The number of hydrogen-bond donors (Lipinski definition) is 5. The number of aromatic nitrogens is 1. The molecule has 348 valence electrons. The van der Waals surface area contributed by atoms with E-state index in [1.807, 2.05) is 98.0 Å². The number of phenolic OH excluding ortho intramolecular Hbond substituents is 1. The number of benzene rings is 4. The Labute approximate surface area is 392 Å². The van der Waals surface area contributed by atoms with Crippen LogP contribution in [-0.2, 0) is 29.7 Å². The monoisotopic (exact) mass is 930 g/mol. The van der Waals surface area contributed by atoms with Crippen LogP contribution in [0.4, 0.5) is 16.2 Å². The number of hydrogen-bond acceptors (Lipinski definition) is 10. The van der Waals surface area contributed by atoms with Gasteiger partial charge in [-0.3, -0.25) is 19.7 Å². The number of anilines is 2. The SMILES string of the molecule is C[Si]OC(O[Si]C)C(C)(C)[C@H](CNCc1ccc(NC(=O)CCCN(C)C(=O)CCN2CCC(OC(=O)Nc3ccccc3-c3ccccc3)CC2)cc1)c1ccc(O)c2[nH]c(=O)ccc12. The van der Waals surface area contributed by atoms with Crippen LogP contribution in [0.15, 0.2) is 108 Å². The third-order valence-electron chi connectivity index (χ3n) is 12.2. The summed E-state index contributed by atoms with van der Waals surface area (Å²) < 4.78 is 18.0. The number of rotatable bonds is 22. The van der Waals surface area contributed by atoms with Crippen molar-refractivity contribution < 1.29 is 33.1 Å². The lowest BCUT2D eigenvalue weighted by Gasteiger charge is -2.41. The number of pyridine rings is 1. The van der Waals surface area contributed by atoms with Gasteiger partial charge in [0, 0.05) is 93.2 Å². The highest BCUT2D eigenvalue weighted by Crippen LogP contribution is 2.43. The van der Waals surface area contributed by atoms with Gasteiger partial charge in [0.05, 0.1) is 11.2 Å². The van der Waals surface area contributed by atoms with Gasteiger partial charge in [-0.15, -0.1) is 0 Å². The van der Waals surface area contributed by atoms with Gasteiger partial charge in [-0.25, -0.2) is 4.79 Å². The standard InChI is InChI=1S/C50H62N6O8Si2/c1-50(2,48(63-65-4)64-66-5)41(39-21-23-43(57)47-40(39)22-24-45(59)54-47)33-51-32-34-17-19-36(20-18-34)52-44(58)16-11-28-55(3)46(60)27-31-56-29-25-37(26-30-56)62-49(61)53-42-15-10-9-14-38(42)35-12-7-6-8-13-35/h6-10,12-15,17-24,37,41,48,51,57H,11,16,25-33H2,1-5H3,(H,52,58)(H,53,61)(H,54,59)/t41-/m1/s1. The number of likely N-dealkylation sites (tertiary alicyclic amines) is 1. The smallest absolute Gasteiger partial charge is 0.411 e. The van der Waals surface area contributed by atoms with Crippen LogP contribution in [0, 0.1) is 5.41 Å². The Kier molecular flexibility index (Phi) is 18.3. The lowest BCUT2D eigenvalue weighted by molar-refractivity contribution is -0.130. The van der Waals surface area contributed by atoms with Crippen LogP contribution in [-0.4, -0.2) is 109 Å². The van der Waals surface area contributed by atoms with Crippen LogP contribution in [0.1, 0.15) is 63.0 Å². The molecule has 1 aromatic heterocycles. The van der Waals surface area contributed by atoms with Crippen molar-refractivity contribution in [1.82, 2.24) is 20.1 Å². The predicted molar refractivity (Wildman–Crippen MR) is 262 cm³/mol. The Morgan fingerprint density at radius 1 is 0.879 bits per heavy atom. The zero-order valence-corrected chi connectivity index (χ0v) is 40.5. The number of nitrogens with zero attached hydrogens (tertiary/aromatic N) is 2. The highest BCUT2D eigenvalue weighted by Gasteiger charge is 2.40. The van der Waals surface area contributed by atoms with Crippen molar-refractivity contribution in [3.63, 3.8) is 0 Å². The van der Waals surface area contributed by atoms with Gasteiger partial charge in [-0.05, 0) is 79.4 Å². The van der Waals surface area contributed by atoms with Gasteiger partial charge in [-0.1, -0.05) is 80.6 Å². The van der Waals surface area contributed by atoms with Crippen LogP contribution in [0.25, 0.3) is 22.0 Å². The second-order valence-electron chi connectivity index (χ2n) is 17.2. The fraction of sp³-hybridized carbons (Fsp3) is 0.400. The summed E-state index contributed by atoms with van der Waals surface area (Å²) in [5.74, 6) is -0.220. The van der Waals surface area contributed by atoms with E-state index in [0.29, 0.717) is 68.8 Å². The van der Waals surface area contributed by atoms with Crippen molar-refractivity contribution in [2.75, 3.05) is 50.4 Å². The number of aromatic amines is 1. The lowest BCUT2D eigenvalue weighted by atomic mass is 9.73. The minimum absolute atomic E-state index is 0.00830. The number of nitrogens with one attached hydrogen (secondary N) is 4. The topological polar surface area (TPSA) is 175 Å². The van der Waals surface area contributed by atoms with Gasteiger partial charge in [0.2, 0.25) is 36.9 Å². The molecule has 0 aliphatic carbocycles. The third-order valence-corrected chi connectivity index (χ3v) is 13.1. The first kappa shape index (κ1) is 49.8. The fourth-order valence-corrected chi connectivity index (χ4v) is 9.61. The Morgan fingerprint density at radius 3 is 2.29 bits per heavy atom. The molecule has 14 nitrogen and oxygen atoms in total. The first-order chi connectivity index (χ1) is 31.9. The number of carbonyl (C=O) groups excluding carboxylic acids is 3. The van der Waals surface area contributed by atoms with E-state index < -0.39 is 17.8 Å². The molecule has 1 aliphatic rings. The van der Waals surface area contributed by atoms with Crippen LogP contribution in [0.5, 0.6) is 5.75 Å². The summed E-state index contributed by atoms with van der Waals surface area (Å²) in [6.07, 6.45) is 1.45. The van der Waals surface area contributed by atoms with Crippen molar-refractivity contribution in [2.45, 2.75) is 83.9 Å². The van der Waals surface area contributed by atoms with Crippen LogP contribution in [0.3, 0.4) is 0 Å². The van der Waals surface area contributed by atoms with Crippen molar-refractivity contribution >= 4 is 59.7 Å². The molecule has 0 saturated carbocycles. The average molecular weight is 931 g/mol. The summed E-state index contributed by atoms with van der Waals surface area (Å²) in [4.78, 5) is 57.5. The molecule has 3 amide bonds. The van der Waals surface area contributed by atoms with E-state index >= 15 is 0 Å². The summed E-state index contributed by atoms with van der Waals surface area (Å²) in [6, 6.07) is 32.0. The fourth-order valence-electron chi connectivity index (χ4n) is 8.38. The lowest BCUT2D eigenvalue weighted by Crippen LogP contribution is -2.43. The third kappa shape index (κ3) is 13.7. The van der Waals surface area contributed by atoms with Crippen molar-refractivity contribution in [3.8, 4) is 16.9 Å². The first-order valence-electron chi connectivity index (χ1n) is 22.5. The number of ether oxygens (including phenoxy) is 1. The largest absolute Gasteiger partial charge is 0.506 e. The number of aromatic hydroxyl groups is 1. The summed E-state index contributed by atoms with van der Waals surface area (Å²) in [5.41, 5.74) is 4.91. The van der Waals surface area contributed by atoms with E-state index in [1.165, 1.54) is 6.07 Å². The summed E-state index contributed by atoms with van der Waals surface area (Å²) in [7, 11) is 2.23. The van der Waals surface area contributed by atoms with E-state index in [2.05, 4.69) is 39.7 Å². The second kappa shape index (κ2) is 24.2. The maximum absolute atomic E-state index is 13.0. The predicted octanol–water partition coefficient (Wildman–Crippen LogP) is 7.77. The van der Waals surface area contributed by atoms with Crippen LogP contribution >= 0.6 is 0 Å². The maximum Gasteiger partial charge on any atom is 0.411 e. The number of H-pyrrole nitrogens is 1. The first-order valence-corrected chi connectivity index (χ1v) is 25.4. The van der Waals surface area contributed by atoms with Gasteiger partial charge in [0.15, 0.2) is 0 Å². The molecule has 16 heteroatoms. The second-order valence-corrected chi connectivity index (χ2v) is 18.5. The number of piperidine rings is 1. The summed E-state index contributed by atoms with van der Waals surface area (Å²) in [6.45, 7) is 11.8. The molecule has 1 aliphatic heterocycles. The van der Waals surface area contributed by atoms with Crippen molar-refractivity contribution in [2.24, 2.45) is 5.41 Å². The highest BCUT2D eigenvalue weighted by molar-refractivity contribution is 6.26. The minimum Gasteiger partial charge on any atom is -0.506 e. The number of carbonyl (C=O) groups is 3. The number of amides is 3. The van der Waals surface area contributed by atoms with Crippen LogP contribution in [0.2, 0.25) is 13.1 Å². The quantitative estimate of drug-likeness (QED) is 0.0341. The molecule has 2 heterocycles. The van der Waals surface area contributed by atoms with Gasteiger partial charge < -0.3 is 44.1 Å². The van der Waals surface area contributed by atoms with Gasteiger partial charge in [0.1, 0.15) is 18.1 Å². The molecule has 1 fully saturated rings. The van der Waals surface area contributed by atoms with Gasteiger partial charge in [0.25, 0.3) is 0 Å². The Balaban J connectivity index is 0.899. The Morgan fingerprint density at radius 2 is 1.58 bits per heavy atom. The van der Waals surface area contributed by atoms with E-state index in [1.54, 1.807) is 24.1 Å². The van der Waals surface area contributed by atoms with Gasteiger partial charge in [-0.2, -0.15) is 0 Å². The normalized spacial score (nSPS) is 14.0. The Hall–Kier alpha value is -5.63. The molecule has 4 aromatic carbocycles. The molecular weight excluding hydrogens is 869 g/mol. The highest BCUT2D eigenvalue weighted by atomic mass is 28.2. The minimum atomic E-state index is -0.509. The molecule has 1 saturated heterocycles. The van der Waals surface area contributed by atoms with Crippen molar-refractivity contribution in [3.05, 3.63) is 125 Å². The van der Waals surface area contributed by atoms with E-state index in [0.717, 1.165) is 40.7 Å². The molecule has 1 atom stereocenters. The number of phenols is 1. The molecule has 4 radical (unpaired) electrons. The molecule has 66 heavy (non-hydrogen) atoms. The molecule has 0 spiro atoms. The molecular formula is C50H62N6O8Si2. The average Bonchev–Trinajstić information content (AvgIpc) is 3.31. The molecule has 5 aromatic rings. The van der Waals surface area contributed by atoms with E-state index in [4.69, 9.17) is 13.6 Å². The van der Waals surface area contributed by atoms with Crippen molar-refractivity contribution in [1.29, 1.82) is 0 Å². The van der Waals surface area contributed by atoms with Gasteiger partial charge >= 0.3 is 6.09 Å².